The van der Waals surface area contributed by atoms with Crippen LogP contribution < -0.4 is 4.90 Å². The molecule has 0 amide bonds. The van der Waals surface area contributed by atoms with Gasteiger partial charge >= 0.3 is 0 Å². The second-order valence-electron chi connectivity index (χ2n) is 5.30. The zero-order chi connectivity index (χ0) is 18.9. The summed E-state index contributed by atoms with van der Waals surface area (Å²) < 4.78 is 0. The standard InChI is InChI=1S/C17H19N5O4/c18-12-13-11-15(3-6-17(13)21(7-9-23)8-10-24)20-19-14-1-4-16(5-2-14)22(25)26/h1-6,11-12,18,23-24H,7-10H2. The van der Waals surface area contributed by atoms with Gasteiger partial charge in [0.15, 0.2) is 0 Å². The Hall–Kier alpha value is -3.17. The van der Waals surface area contributed by atoms with Gasteiger partial charge in [0.25, 0.3) is 5.69 Å². The summed E-state index contributed by atoms with van der Waals surface area (Å²) in [7, 11) is 0. The lowest BCUT2D eigenvalue weighted by Gasteiger charge is -2.24. The normalized spacial score (nSPS) is 10.8. The van der Waals surface area contributed by atoms with Crippen LogP contribution in [-0.4, -0.2) is 47.7 Å². The quantitative estimate of drug-likeness (QED) is 0.274. The highest BCUT2D eigenvalue weighted by molar-refractivity contribution is 5.87. The van der Waals surface area contributed by atoms with E-state index in [1.54, 1.807) is 23.1 Å². The monoisotopic (exact) mass is 357 g/mol. The maximum absolute atomic E-state index is 10.6. The van der Waals surface area contributed by atoms with Gasteiger partial charge in [-0.3, -0.25) is 10.1 Å². The predicted octanol–water partition coefficient (Wildman–Crippen LogP) is 2.80. The van der Waals surface area contributed by atoms with Crippen LogP contribution in [-0.2, 0) is 0 Å². The van der Waals surface area contributed by atoms with Gasteiger partial charge in [-0.1, -0.05) is 0 Å². The summed E-state index contributed by atoms with van der Waals surface area (Å²) in [5, 5.41) is 44.6. The molecule has 2 aromatic rings. The van der Waals surface area contributed by atoms with Crippen LogP contribution in [0.3, 0.4) is 0 Å². The van der Waals surface area contributed by atoms with E-state index in [0.717, 1.165) is 0 Å². The molecule has 0 aromatic heterocycles. The number of nitro groups is 1. The molecule has 0 fully saturated rings. The molecular weight excluding hydrogens is 338 g/mol. The Balaban J connectivity index is 2.22. The van der Waals surface area contributed by atoms with Gasteiger partial charge in [-0.2, -0.15) is 10.2 Å². The first-order valence-electron chi connectivity index (χ1n) is 7.86. The maximum atomic E-state index is 10.6. The van der Waals surface area contributed by atoms with E-state index in [4.69, 9.17) is 15.6 Å². The number of hydrogen-bond donors (Lipinski definition) is 3. The second-order valence-corrected chi connectivity index (χ2v) is 5.30. The molecule has 0 aliphatic rings. The van der Waals surface area contributed by atoms with Gasteiger partial charge in [0.2, 0.25) is 0 Å². The first-order chi connectivity index (χ1) is 12.6. The highest BCUT2D eigenvalue weighted by atomic mass is 16.6. The fraction of sp³-hybridized carbons (Fsp3) is 0.235. The minimum atomic E-state index is -0.486. The average Bonchev–Trinajstić information content (AvgIpc) is 2.66. The molecular formula is C17H19N5O4. The molecule has 3 N–H and O–H groups in total. The second kappa shape index (κ2) is 9.35. The van der Waals surface area contributed by atoms with E-state index >= 15 is 0 Å². The summed E-state index contributed by atoms with van der Waals surface area (Å²) in [5.41, 5.74) is 2.24. The Morgan fingerprint density at radius 1 is 1.04 bits per heavy atom. The van der Waals surface area contributed by atoms with Gasteiger partial charge in [-0.05, 0) is 30.3 Å². The Labute approximate surface area is 149 Å². The molecule has 0 aliphatic carbocycles. The molecule has 9 heteroatoms. The van der Waals surface area contributed by atoms with E-state index in [0.29, 0.717) is 35.7 Å². The number of hydrogen-bond acceptors (Lipinski definition) is 8. The van der Waals surface area contributed by atoms with Crippen molar-refractivity contribution in [3.8, 4) is 0 Å². The van der Waals surface area contributed by atoms with E-state index in [9.17, 15) is 10.1 Å². The summed E-state index contributed by atoms with van der Waals surface area (Å²) in [6, 6.07) is 10.8. The minimum absolute atomic E-state index is 0.0211. The molecule has 2 rings (SSSR count). The van der Waals surface area contributed by atoms with Crippen molar-refractivity contribution in [2.24, 2.45) is 10.2 Å². The fourth-order valence-corrected chi connectivity index (χ4v) is 2.36. The first kappa shape index (κ1) is 19.2. The number of nitrogens with one attached hydrogen (secondary N) is 1. The Kier molecular flexibility index (Phi) is 6.89. The number of azo groups is 1. The lowest BCUT2D eigenvalue weighted by molar-refractivity contribution is -0.384. The average molecular weight is 357 g/mol. The van der Waals surface area contributed by atoms with Crippen LogP contribution in [0.15, 0.2) is 52.7 Å². The van der Waals surface area contributed by atoms with Crippen molar-refractivity contribution in [3.05, 3.63) is 58.1 Å². The lowest BCUT2D eigenvalue weighted by Crippen LogP contribution is -2.30. The summed E-state index contributed by atoms with van der Waals surface area (Å²) in [4.78, 5) is 11.9. The van der Waals surface area contributed by atoms with Crippen molar-refractivity contribution in [2.75, 3.05) is 31.2 Å². The molecule has 0 unspecified atom stereocenters. The largest absolute Gasteiger partial charge is 0.395 e. The van der Waals surface area contributed by atoms with Crippen LogP contribution in [0.4, 0.5) is 22.7 Å². The number of nitrogens with zero attached hydrogens (tertiary/aromatic N) is 4. The van der Waals surface area contributed by atoms with E-state index in [2.05, 4.69) is 10.2 Å². The summed E-state index contributed by atoms with van der Waals surface area (Å²) in [6.45, 7) is 0.536. The third kappa shape index (κ3) is 4.91. The zero-order valence-electron chi connectivity index (χ0n) is 13.9. The van der Waals surface area contributed by atoms with E-state index in [1.807, 2.05) is 0 Å². The molecule has 0 bridgehead atoms. The fourth-order valence-electron chi connectivity index (χ4n) is 2.36. The molecule has 0 atom stereocenters. The van der Waals surface area contributed by atoms with Crippen molar-refractivity contribution < 1.29 is 15.1 Å². The topological polar surface area (TPSA) is 135 Å². The Morgan fingerprint density at radius 2 is 1.62 bits per heavy atom. The van der Waals surface area contributed by atoms with Crippen LogP contribution in [0.1, 0.15) is 5.56 Å². The number of aliphatic hydroxyl groups is 2. The minimum Gasteiger partial charge on any atom is -0.395 e. The summed E-state index contributed by atoms with van der Waals surface area (Å²) in [6.07, 6.45) is 1.17. The number of anilines is 1. The number of rotatable bonds is 9. The third-order valence-corrected chi connectivity index (χ3v) is 3.59. The van der Waals surface area contributed by atoms with Crippen LogP contribution in [0.5, 0.6) is 0 Å². The number of benzene rings is 2. The predicted molar refractivity (Wildman–Crippen MR) is 98.0 cm³/mol. The molecule has 0 spiro atoms. The molecule has 2 aromatic carbocycles. The molecule has 136 valence electrons. The van der Waals surface area contributed by atoms with E-state index < -0.39 is 4.92 Å². The van der Waals surface area contributed by atoms with Gasteiger partial charge in [-0.25, -0.2) is 0 Å². The molecule has 0 radical (unpaired) electrons. The third-order valence-electron chi connectivity index (χ3n) is 3.59. The van der Waals surface area contributed by atoms with Crippen molar-refractivity contribution in [1.82, 2.24) is 0 Å². The van der Waals surface area contributed by atoms with Gasteiger partial charge < -0.3 is 20.5 Å². The van der Waals surface area contributed by atoms with Crippen LogP contribution >= 0.6 is 0 Å². The maximum Gasteiger partial charge on any atom is 0.269 e. The lowest BCUT2D eigenvalue weighted by atomic mass is 10.1. The van der Waals surface area contributed by atoms with Gasteiger partial charge in [0.1, 0.15) is 0 Å². The Bertz CT molecular complexity index is 786. The number of aliphatic hydroxyl groups excluding tert-OH is 2. The van der Waals surface area contributed by atoms with Crippen LogP contribution in [0.2, 0.25) is 0 Å². The first-order valence-corrected chi connectivity index (χ1v) is 7.86. The molecule has 0 heterocycles. The van der Waals surface area contributed by atoms with Gasteiger partial charge in [0.05, 0.1) is 29.5 Å². The molecule has 0 saturated heterocycles. The highest BCUT2D eigenvalue weighted by Crippen LogP contribution is 2.26. The van der Waals surface area contributed by atoms with Crippen molar-refractivity contribution >= 4 is 29.0 Å². The zero-order valence-corrected chi connectivity index (χ0v) is 13.9. The smallest absolute Gasteiger partial charge is 0.269 e. The van der Waals surface area contributed by atoms with Crippen LogP contribution in [0, 0.1) is 15.5 Å². The SMILES string of the molecule is N=Cc1cc(N=Nc2ccc([N+](=O)[O-])cc2)ccc1N(CCO)CCO. The van der Waals surface area contributed by atoms with Crippen molar-refractivity contribution in [2.45, 2.75) is 0 Å². The summed E-state index contributed by atoms with van der Waals surface area (Å²) >= 11 is 0. The Morgan fingerprint density at radius 3 is 2.15 bits per heavy atom. The number of nitro benzene ring substituents is 1. The molecule has 9 nitrogen and oxygen atoms in total. The van der Waals surface area contributed by atoms with Crippen LogP contribution in [0.25, 0.3) is 0 Å². The van der Waals surface area contributed by atoms with Crippen molar-refractivity contribution in [3.63, 3.8) is 0 Å². The molecule has 0 aliphatic heterocycles. The highest BCUT2D eigenvalue weighted by Gasteiger charge is 2.10. The number of non-ortho nitro benzene ring substituents is 1. The van der Waals surface area contributed by atoms with Gasteiger partial charge in [0, 0.05) is 42.7 Å². The van der Waals surface area contributed by atoms with E-state index in [1.165, 1.54) is 30.5 Å². The van der Waals surface area contributed by atoms with E-state index in [-0.39, 0.29) is 18.9 Å². The van der Waals surface area contributed by atoms with Crippen molar-refractivity contribution in [1.29, 1.82) is 5.41 Å². The molecule has 0 saturated carbocycles. The summed E-state index contributed by atoms with van der Waals surface area (Å²) in [5.74, 6) is 0. The van der Waals surface area contributed by atoms with Gasteiger partial charge in [-0.15, -0.1) is 0 Å². The molecule has 26 heavy (non-hydrogen) atoms.